The molecule has 1 heterocycles. The van der Waals surface area contributed by atoms with Crippen LogP contribution in [0.5, 0.6) is 0 Å². The first-order chi connectivity index (χ1) is 21.8. The van der Waals surface area contributed by atoms with Crippen molar-refractivity contribution in [2.24, 2.45) is 17.2 Å². The fourth-order valence-corrected chi connectivity index (χ4v) is 5.85. The minimum Gasteiger partial charge on any atom is -0.368 e. The van der Waals surface area contributed by atoms with Crippen molar-refractivity contribution in [3.05, 3.63) is 106 Å². The minimum atomic E-state index is -1.04. The highest BCUT2D eigenvalue weighted by Gasteiger charge is 2.30. The van der Waals surface area contributed by atoms with Crippen LogP contribution in [-0.2, 0) is 33.8 Å². The average molecular weight is 629 g/mol. The quantitative estimate of drug-likeness (QED) is 0.104. The Morgan fingerprint density at radius 2 is 1.31 bits per heavy atom. The summed E-state index contributed by atoms with van der Waals surface area (Å²) < 4.78 is 0. The Morgan fingerprint density at radius 1 is 0.667 bits per heavy atom. The van der Waals surface area contributed by atoms with E-state index in [-0.39, 0.29) is 12.8 Å². The van der Waals surface area contributed by atoms with Gasteiger partial charge in [0.05, 0.1) is 4.88 Å². The van der Waals surface area contributed by atoms with E-state index in [1.165, 1.54) is 11.3 Å². The number of hydrogen-bond donors (Lipinski definition) is 6. The molecule has 0 aliphatic rings. The van der Waals surface area contributed by atoms with Gasteiger partial charge in [0.25, 0.3) is 5.91 Å². The lowest BCUT2D eigenvalue weighted by atomic mass is 9.99. The molecule has 0 aliphatic carbocycles. The van der Waals surface area contributed by atoms with Gasteiger partial charge in [-0.3, -0.25) is 19.2 Å². The molecule has 4 rings (SSSR count). The molecule has 4 aromatic rings. The summed E-state index contributed by atoms with van der Waals surface area (Å²) in [6.45, 7) is 0.745. The summed E-state index contributed by atoms with van der Waals surface area (Å²) in [6.07, 6.45) is 1.95. The molecule has 0 unspecified atom stereocenters. The summed E-state index contributed by atoms with van der Waals surface area (Å²) in [5, 5.41) is 12.3. The third-order valence-corrected chi connectivity index (χ3v) is 8.49. The van der Waals surface area contributed by atoms with Crippen molar-refractivity contribution in [1.29, 1.82) is 0 Å². The largest absolute Gasteiger partial charge is 0.368 e. The van der Waals surface area contributed by atoms with E-state index < -0.39 is 41.8 Å². The van der Waals surface area contributed by atoms with Crippen molar-refractivity contribution in [3.63, 3.8) is 0 Å². The second kappa shape index (κ2) is 16.5. The van der Waals surface area contributed by atoms with Crippen LogP contribution >= 0.6 is 11.3 Å². The highest BCUT2D eigenvalue weighted by atomic mass is 32.1. The molecule has 0 aliphatic heterocycles. The summed E-state index contributed by atoms with van der Waals surface area (Å²) in [4.78, 5) is 53.4. The number of carbonyl (C=O) groups is 4. The maximum atomic E-state index is 13.9. The third kappa shape index (κ3) is 9.70. The van der Waals surface area contributed by atoms with E-state index in [1.54, 1.807) is 11.4 Å². The van der Waals surface area contributed by atoms with E-state index in [0.29, 0.717) is 37.2 Å². The Kier molecular flexibility index (Phi) is 12.2. The smallest absolute Gasteiger partial charge is 0.262 e. The molecule has 0 fully saturated rings. The van der Waals surface area contributed by atoms with Crippen molar-refractivity contribution in [3.8, 4) is 0 Å². The van der Waals surface area contributed by atoms with E-state index in [9.17, 15) is 19.2 Å². The normalized spacial score (nSPS) is 13.0. The number of hydrogen-bond acceptors (Lipinski definition) is 7. The van der Waals surface area contributed by atoms with Crippen molar-refractivity contribution < 1.29 is 19.2 Å². The molecule has 10 nitrogen and oxygen atoms in total. The van der Waals surface area contributed by atoms with Crippen molar-refractivity contribution in [2.45, 2.75) is 56.8 Å². The van der Waals surface area contributed by atoms with Crippen molar-refractivity contribution in [2.75, 3.05) is 6.54 Å². The number of nitrogens with two attached hydrogens (primary N) is 3. The molecule has 236 valence electrons. The first-order valence-corrected chi connectivity index (χ1v) is 15.9. The van der Waals surface area contributed by atoms with Gasteiger partial charge in [0, 0.05) is 19.4 Å². The van der Waals surface area contributed by atoms with Crippen LogP contribution in [-0.4, -0.2) is 48.3 Å². The summed E-state index contributed by atoms with van der Waals surface area (Å²) >= 11 is 1.24. The lowest BCUT2D eigenvalue weighted by Gasteiger charge is -2.25. The number of nitrogens with one attached hydrogen (secondary N) is 3. The highest BCUT2D eigenvalue weighted by molar-refractivity contribution is 7.12. The van der Waals surface area contributed by atoms with Crippen LogP contribution in [0.25, 0.3) is 10.8 Å². The molecule has 0 saturated heterocycles. The first-order valence-electron chi connectivity index (χ1n) is 15.0. The molecular formula is C34H40N6O4S. The monoisotopic (exact) mass is 628 g/mol. The van der Waals surface area contributed by atoms with Crippen molar-refractivity contribution >= 4 is 45.7 Å². The van der Waals surface area contributed by atoms with Gasteiger partial charge in [-0.05, 0) is 64.7 Å². The van der Waals surface area contributed by atoms with E-state index in [4.69, 9.17) is 17.2 Å². The fraction of sp³-hybridized carbons (Fsp3) is 0.294. The molecule has 1 aromatic heterocycles. The number of primary amides is 1. The van der Waals surface area contributed by atoms with Crippen LogP contribution in [0, 0.1) is 0 Å². The van der Waals surface area contributed by atoms with Gasteiger partial charge in [-0.15, -0.1) is 11.3 Å². The van der Waals surface area contributed by atoms with Crippen LogP contribution in [0.4, 0.5) is 0 Å². The highest BCUT2D eigenvalue weighted by Crippen LogP contribution is 2.18. The van der Waals surface area contributed by atoms with Crippen LogP contribution in [0.3, 0.4) is 0 Å². The molecule has 45 heavy (non-hydrogen) atoms. The molecule has 3 aromatic carbocycles. The molecule has 9 N–H and O–H groups in total. The third-order valence-electron chi connectivity index (χ3n) is 7.51. The lowest BCUT2D eigenvalue weighted by Crippen LogP contribution is -2.57. The lowest BCUT2D eigenvalue weighted by molar-refractivity contribution is -0.132. The van der Waals surface area contributed by atoms with Gasteiger partial charge < -0.3 is 33.2 Å². The predicted octanol–water partition coefficient (Wildman–Crippen LogP) is 2.53. The van der Waals surface area contributed by atoms with Crippen LogP contribution < -0.4 is 33.2 Å². The Bertz CT molecular complexity index is 1610. The fourth-order valence-electron chi connectivity index (χ4n) is 5.02. The van der Waals surface area contributed by atoms with Gasteiger partial charge in [0.15, 0.2) is 0 Å². The number of fused-ring (bicyclic) bond motifs is 1. The van der Waals surface area contributed by atoms with E-state index >= 15 is 0 Å². The van der Waals surface area contributed by atoms with Gasteiger partial charge in [-0.25, -0.2) is 0 Å². The summed E-state index contributed by atoms with van der Waals surface area (Å²) in [5.41, 5.74) is 19.4. The standard InChI is InChI=1S/C34H40N6O4S/c35-15-7-6-12-27(31(37)41)38-32(42)28(17-22-8-2-1-3-9-22)39-33(43)29(40-34(44)30-19-24(20-36)21-45-30)18-23-13-14-25-10-4-5-11-26(25)16-23/h1-5,8-11,13-14,16,19,21,27-29H,6-7,12,15,17-18,20,35-36H2,(H2,37,41)(H,38,42)(H,39,43)(H,40,44)/t27-,28+,29+/m0/s1. The van der Waals surface area contributed by atoms with E-state index in [1.807, 2.05) is 72.8 Å². The number of benzene rings is 3. The average Bonchev–Trinajstić information content (AvgIpc) is 3.54. The van der Waals surface area contributed by atoms with Crippen LogP contribution in [0.1, 0.15) is 45.6 Å². The molecule has 3 atom stereocenters. The van der Waals surface area contributed by atoms with Gasteiger partial charge in [0.1, 0.15) is 18.1 Å². The molecular weight excluding hydrogens is 588 g/mol. The number of rotatable bonds is 16. The minimum absolute atomic E-state index is 0.161. The molecule has 0 spiro atoms. The second-order valence-corrected chi connectivity index (χ2v) is 11.8. The first kappa shape index (κ1) is 33.3. The number of unbranched alkanes of at least 4 members (excludes halogenated alkanes) is 1. The summed E-state index contributed by atoms with van der Waals surface area (Å²) in [5.74, 6) is -2.18. The van der Waals surface area contributed by atoms with Crippen LogP contribution in [0.2, 0.25) is 0 Å². The topological polar surface area (TPSA) is 182 Å². The van der Waals surface area contributed by atoms with Gasteiger partial charge >= 0.3 is 0 Å². The van der Waals surface area contributed by atoms with E-state index in [2.05, 4.69) is 16.0 Å². The van der Waals surface area contributed by atoms with Gasteiger partial charge in [-0.1, -0.05) is 72.8 Å². The molecule has 11 heteroatoms. The Morgan fingerprint density at radius 3 is 1.98 bits per heavy atom. The van der Waals surface area contributed by atoms with Crippen LogP contribution in [0.15, 0.2) is 84.2 Å². The molecule has 0 radical (unpaired) electrons. The Hall–Kier alpha value is -4.58. The predicted molar refractivity (Wildman–Crippen MR) is 177 cm³/mol. The molecule has 0 bridgehead atoms. The van der Waals surface area contributed by atoms with Crippen molar-refractivity contribution in [1.82, 2.24) is 16.0 Å². The maximum Gasteiger partial charge on any atom is 0.262 e. The Labute approximate surface area is 266 Å². The maximum absolute atomic E-state index is 13.9. The zero-order chi connectivity index (χ0) is 32.2. The number of amides is 4. The number of carbonyl (C=O) groups excluding carboxylic acids is 4. The van der Waals surface area contributed by atoms with E-state index in [0.717, 1.165) is 27.5 Å². The zero-order valence-electron chi connectivity index (χ0n) is 25.0. The SMILES string of the molecule is NCCCC[C@H](NC(=O)[C@@H](Cc1ccccc1)NC(=O)[C@@H](Cc1ccc2ccccc2c1)NC(=O)c1cc(CN)cs1)C(N)=O. The van der Waals surface area contributed by atoms with Gasteiger partial charge in [-0.2, -0.15) is 0 Å². The second-order valence-electron chi connectivity index (χ2n) is 10.9. The molecule has 0 saturated carbocycles. The number of thiophene rings is 1. The zero-order valence-corrected chi connectivity index (χ0v) is 25.9. The van der Waals surface area contributed by atoms with Gasteiger partial charge in [0.2, 0.25) is 17.7 Å². The Balaban J connectivity index is 1.59. The summed E-state index contributed by atoms with van der Waals surface area (Å²) in [6, 6.07) is 21.7. The summed E-state index contributed by atoms with van der Waals surface area (Å²) in [7, 11) is 0. The molecule has 4 amide bonds.